The van der Waals surface area contributed by atoms with Crippen molar-refractivity contribution in [3.05, 3.63) is 0 Å². The van der Waals surface area contributed by atoms with Crippen molar-refractivity contribution in [2.75, 3.05) is 0 Å². The Bertz CT molecular complexity index is 412. The van der Waals surface area contributed by atoms with Crippen LogP contribution in [0.25, 0.3) is 0 Å². The summed E-state index contributed by atoms with van der Waals surface area (Å²) in [5, 5.41) is 8.71. The third-order valence-electron chi connectivity index (χ3n) is 2.96. The van der Waals surface area contributed by atoms with Gasteiger partial charge in [0.25, 0.3) is 0 Å². The molecular weight excluding hydrogens is 275 g/mol. The third kappa shape index (κ3) is 3.58. The average molecular weight is 289 g/mol. The van der Waals surface area contributed by atoms with Gasteiger partial charge in [-0.3, -0.25) is 4.79 Å². The fourth-order valence-corrected chi connectivity index (χ4v) is 3.14. The van der Waals surface area contributed by atoms with Gasteiger partial charge in [0.1, 0.15) is 0 Å². The van der Waals surface area contributed by atoms with E-state index < -0.39 is 33.5 Å². The van der Waals surface area contributed by atoms with Crippen molar-refractivity contribution in [3.63, 3.8) is 0 Å². The van der Waals surface area contributed by atoms with E-state index in [4.69, 9.17) is 5.11 Å². The number of hydrogen-bond donors (Lipinski definition) is 2. The molecule has 0 heterocycles. The van der Waals surface area contributed by atoms with Crippen molar-refractivity contribution >= 4 is 16.0 Å². The first-order valence-corrected chi connectivity index (χ1v) is 6.88. The van der Waals surface area contributed by atoms with Crippen LogP contribution in [0.3, 0.4) is 0 Å². The van der Waals surface area contributed by atoms with Gasteiger partial charge in [-0.25, -0.2) is 13.1 Å². The topological polar surface area (TPSA) is 83.5 Å². The number of carboxylic acids is 1. The number of alkyl halides is 3. The zero-order chi connectivity index (χ0) is 14.0. The average Bonchev–Trinajstić information content (AvgIpc) is 2.14. The van der Waals surface area contributed by atoms with E-state index in [2.05, 4.69) is 0 Å². The maximum atomic E-state index is 12.3. The summed E-state index contributed by atoms with van der Waals surface area (Å²) in [5.74, 6) is -1.32. The molecule has 5 nitrogen and oxygen atoms in total. The number of halogens is 3. The zero-order valence-corrected chi connectivity index (χ0v) is 10.3. The second-order valence-electron chi connectivity index (χ2n) is 4.46. The summed E-state index contributed by atoms with van der Waals surface area (Å²) in [6.45, 7) is 0. The summed E-state index contributed by atoms with van der Waals surface area (Å²) in [5.41, 5.74) is -6.94. The maximum Gasteiger partial charge on any atom is 0.511 e. The van der Waals surface area contributed by atoms with E-state index in [1.165, 1.54) is 0 Å². The lowest BCUT2D eigenvalue weighted by Gasteiger charge is -2.36. The lowest BCUT2D eigenvalue weighted by Crippen LogP contribution is -2.54. The number of aliphatic carboxylic acids is 1. The monoisotopic (exact) mass is 289 g/mol. The van der Waals surface area contributed by atoms with Crippen molar-refractivity contribution in [2.24, 2.45) is 0 Å². The molecule has 0 radical (unpaired) electrons. The van der Waals surface area contributed by atoms with Gasteiger partial charge >= 0.3 is 21.5 Å². The number of rotatable bonds is 4. The van der Waals surface area contributed by atoms with E-state index >= 15 is 0 Å². The quantitative estimate of drug-likeness (QED) is 0.823. The number of nitrogens with one attached hydrogen (secondary N) is 1. The van der Waals surface area contributed by atoms with E-state index in [0.717, 1.165) is 6.42 Å². The first kappa shape index (κ1) is 15.2. The minimum Gasteiger partial charge on any atom is -0.481 e. The lowest BCUT2D eigenvalue weighted by molar-refractivity contribution is -0.139. The van der Waals surface area contributed by atoms with Gasteiger partial charge in [-0.1, -0.05) is 19.3 Å². The Hall–Kier alpha value is -0.830. The van der Waals surface area contributed by atoms with Crippen LogP contribution in [0.2, 0.25) is 0 Å². The molecule has 1 fully saturated rings. The molecule has 0 aliphatic heterocycles. The van der Waals surface area contributed by atoms with Crippen LogP contribution in [0.1, 0.15) is 38.5 Å². The van der Waals surface area contributed by atoms with Crippen LogP contribution in [0.4, 0.5) is 13.2 Å². The smallest absolute Gasteiger partial charge is 0.481 e. The Morgan fingerprint density at radius 3 is 2.11 bits per heavy atom. The van der Waals surface area contributed by atoms with E-state index in [1.54, 1.807) is 4.72 Å². The van der Waals surface area contributed by atoms with Gasteiger partial charge in [-0.2, -0.15) is 13.2 Å². The molecule has 1 aliphatic rings. The van der Waals surface area contributed by atoms with Crippen LogP contribution in [0.5, 0.6) is 0 Å². The Kier molecular flexibility index (Phi) is 4.26. The molecule has 0 aromatic rings. The number of hydrogen-bond acceptors (Lipinski definition) is 3. The van der Waals surface area contributed by atoms with Gasteiger partial charge in [0.05, 0.1) is 6.42 Å². The van der Waals surface area contributed by atoms with Crippen molar-refractivity contribution < 1.29 is 31.5 Å². The minimum absolute atomic E-state index is 0.106. The number of carboxylic acid groups (broad SMARTS) is 1. The molecule has 1 aliphatic carbocycles. The predicted octanol–water partition coefficient (Wildman–Crippen LogP) is 1.60. The molecule has 0 atom stereocenters. The molecule has 2 N–H and O–H groups in total. The normalized spacial score (nSPS) is 20.6. The Balaban J connectivity index is 2.95. The second kappa shape index (κ2) is 5.04. The summed E-state index contributed by atoms with van der Waals surface area (Å²) < 4.78 is 60.6. The number of sulfonamides is 1. The van der Waals surface area contributed by atoms with E-state index in [-0.39, 0.29) is 12.8 Å². The van der Waals surface area contributed by atoms with Gasteiger partial charge in [-0.15, -0.1) is 0 Å². The molecule has 1 saturated carbocycles. The van der Waals surface area contributed by atoms with Crippen LogP contribution in [-0.2, 0) is 14.8 Å². The molecule has 0 aromatic heterocycles. The molecule has 0 aromatic carbocycles. The lowest BCUT2D eigenvalue weighted by atomic mass is 9.80. The van der Waals surface area contributed by atoms with E-state index in [1.807, 2.05) is 0 Å². The fourth-order valence-electron chi connectivity index (χ4n) is 2.18. The first-order chi connectivity index (χ1) is 8.08. The van der Waals surface area contributed by atoms with Crippen LogP contribution >= 0.6 is 0 Å². The molecule has 9 heteroatoms. The highest BCUT2D eigenvalue weighted by atomic mass is 32.2. The molecule has 1 rings (SSSR count). The molecule has 0 unspecified atom stereocenters. The highest BCUT2D eigenvalue weighted by Crippen LogP contribution is 2.34. The SMILES string of the molecule is O=C(O)CC1(NS(=O)(=O)C(F)(F)F)CCCCC1. The summed E-state index contributed by atoms with van der Waals surface area (Å²) in [4.78, 5) is 10.7. The highest BCUT2D eigenvalue weighted by molar-refractivity contribution is 7.90. The van der Waals surface area contributed by atoms with Gasteiger partial charge in [-0.05, 0) is 12.8 Å². The molecule has 0 bridgehead atoms. The van der Waals surface area contributed by atoms with Crippen molar-refractivity contribution in [3.8, 4) is 0 Å². The summed E-state index contributed by atoms with van der Waals surface area (Å²) in [6.07, 6.45) is 1.35. The first-order valence-electron chi connectivity index (χ1n) is 5.40. The molecule has 106 valence electrons. The largest absolute Gasteiger partial charge is 0.511 e. The summed E-state index contributed by atoms with van der Waals surface area (Å²) in [7, 11) is -5.51. The zero-order valence-electron chi connectivity index (χ0n) is 9.46. The van der Waals surface area contributed by atoms with Crippen molar-refractivity contribution in [2.45, 2.75) is 49.6 Å². The fraction of sp³-hybridized carbons (Fsp3) is 0.889. The van der Waals surface area contributed by atoms with Gasteiger partial charge in [0.2, 0.25) is 0 Å². The maximum absolute atomic E-state index is 12.3. The standard InChI is InChI=1S/C9H14F3NO4S/c10-9(11,12)18(16,17)13-8(6-7(14)15)4-2-1-3-5-8/h13H,1-6H2,(H,14,15). The van der Waals surface area contributed by atoms with E-state index in [0.29, 0.717) is 12.8 Å². The summed E-state index contributed by atoms with van der Waals surface area (Å²) in [6, 6.07) is 0. The minimum atomic E-state index is -5.51. The van der Waals surface area contributed by atoms with Crippen molar-refractivity contribution in [1.82, 2.24) is 4.72 Å². The third-order valence-corrected chi connectivity index (χ3v) is 4.27. The van der Waals surface area contributed by atoms with Crippen LogP contribution in [-0.4, -0.2) is 30.5 Å². The molecule has 0 saturated heterocycles. The van der Waals surface area contributed by atoms with Gasteiger partial charge < -0.3 is 5.11 Å². The molecule has 18 heavy (non-hydrogen) atoms. The van der Waals surface area contributed by atoms with Gasteiger partial charge in [0, 0.05) is 5.54 Å². The molecule has 0 amide bonds. The number of carbonyl (C=O) groups is 1. The second-order valence-corrected chi connectivity index (χ2v) is 6.14. The Morgan fingerprint density at radius 1 is 1.22 bits per heavy atom. The highest BCUT2D eigenvalue weighted by Gasteiger charge is 2.50. The predicted molar refractivity (Wildman–Crippen MR) is 56.2 cm³/mol. The Morgan fingerprint density at radius 2 is 1.72 bits per heavy atom. The van der Waals surface area contributed by atoms with Crippen molar-refractivity contribution in [1.29, 1.82) is 0 Å². The van der Waals surface area contributed by atoms with Crippen LogP contribution in [0, 0.1) is 0 Å². The van der Waals surface area contributed by atoms with Gasteiger partial charge in [0.15, 0.2) is 0 Å². The molecule has 0 spiro atoms. The van der Waals surface area contributed by atoms with Crippen LogP contribution in [0.15, 0.2) is 0 Å². The van der Waals surface area contributed by atoms with Crippen LogP contribution < -0.4 is 4.72 Å². The van der Waals surface area contributed by atoms with E-state index in [9.17, 15) is 26.4 Å². The molecular formula is C9H14F3NO4S. The summed E-state index contributed by atoms with van der Waals surface area (Å²) >= 11 is 0. The Labute approximate surface area is 102 Å².